The number of nitrogens with two attached hydrogens (primary N) is 1. The Morgan fingerprint density at radius 1 is 1.53 bits per heavy atom. The predicted molar refractivity (Wildman–Crippen MR) is 74.9 cm³/mol. The highest BCUT2D eigenvalue weighted by Gasteiger charge is 2.51. The molecule has 3 N–H and O–H groups in total. The van der Waals surface area contributed by atoms with Crippen LogP contribution in [0.2, 0.25) is 0 Å². The van der Waals surface area contributed by atoms with Gasteiger partial charge in [-0.1, -0.05) is 13.8 Å². The standard InChI is InChI=1S/C14H27N3O2/c1-4-13(5-2,19-3)9-16-12(18)17-8-11-6-7-14(11,15)10-17/h11H,4-10,15H2,1-3H3,(H,16,18)/t11-,14-/m0/s1. The molecule has 2 fully saturated rings. The number of hydrogen-bond donors (Lipinski definition) is 2. The molecule has 0 radical (unpaired) electrons. The summed E-state index contributed by atoms with van der Waals surface area (Å²) in [5.41, 5.74) is 5.90. The lowest BCUT2D eigenvalue weighted by molar-refractivity contribution is -0.0142. The van der Waals surface area contributed by atoms with Crippen molar-refractivity contribution in [2.45, 2.75) is 50.7 Å². The van der Waals surface area contributed by atoms with Crippen LogP contribution in [0.3, 0.4) is 0 Å². The van der Waals surface area contributed by atoms with E-state index in [2.05, 4.69) is 19.2 Å². The lowest BCUT2D eigenvalue weighted by atomic mass is 9.70. The first kappa shape index (κ1) is 14.6. The SMILES string of the molecule is CCC(CC)(CNC(=O)N1C[C@@H]2CC[C@]2(N)C1)OC. The number of likely N-dealkylation sites (tertiary alicyclic amines) is 1. The Bertz CT molecular complexity index is 335. The summed E-state index contributed by atoms with van der Waals surface area (Å²) in [4.78, 5) is 14.1. The van der Waals surface area contributed by atoms with Crippen molar-refractivity contribution in [1.82, 2.24) is 10.2 Å². The van der Waals surface area contributed by atoms with Gasteiger partial charge in [0.15, 0.2) is 0 Å². The van der Waals surface area contributed by atoms with E-state index in [0.717, 1.165) is 32.2 Å². The molecule has 2 aliphatic rings. The number of nitrogens with one attached hydrogen (secondary N) is 1. The third-order valence-electron chi connectivity index (χ3n) is 5.27. The van der Waals surface area contributed by atoms with Crippen molar-refractivity contribution in [3.8, 4) is 0 Å². The number of ether oxygens (including phenoxy) is 1. The van der Waals surface area contributed by atoms with Crippen LogP contribution in [0.4, 0.5) is 4.79 Å². The Hall–Kier alpha value is -0.810. The van der Waals surface area contributed by atoms with E-state index in [-0.39, 0.29) is 17.2 Å². The van der Waals surface area contributed by atoms with Gasteiger partial charge in [-0.3, -0.25) is 0 Å². The third-order valence-corrected chi connectivity index (χ3v) is 5.27. The maximum Gasteiger partial charge on any atom is 0.317 e. The van der Waals surface area contributed by atoms with Crippen LogP contribution in [0.1, 0.15) is 39.5 Å². The van der Waals surface area contributed by atoms with E-state index in [0.29, 0.717) is 19.0 Å². The molecule has 0 bridgehead atoms. The van der Waals surface area contributed by atoms with Crippen molar-refractivity contribution in [3.63, 3.8) is 0 Å². The topological polar surface area (TPSA) is 67.6 Å². The molecular weight excluding hydrogens is 242 g/mol. The molecule has 1 saturated carbocycles. The minimum atomic E-state index is -0.241. The van der Waals surface area contributed by atoms with Gasteiger partial charge < -0.3 is 20.7 Å². The molecule has 0 aromatic carbocycles. The fraction of sp³-hybridized carbons (Fsp3) is 0.929. The Morgan fingerprint density at radius 2 is 2.21 bits per heavy atom. The molecule has 0 spiro atoms. The number of fused-ring (bicyclic) bond motifs is 1. The Balaban J connectivity index is 1.85. The summed E-state index contributed by atoms with van der Waals surface area (Å²) in [6.45, 7) is 6.24. The molecule has 2 atom stereocenters. The molecule has 1 aliphatic heterocycles. The Morgan fingerprint density at radius 3 is 2.58 bits per heavy atom. The number of carbonyl (C=O) groups is 1. The summed E-state index contributed by atoms with van der Waals surface area (Å²) in [5, 5.41) is 3.01. The highest BCUT2D eigenvalue weighted by molar-refractivity contribution is 5.75. The maximum atomic E-state index is 12.2. The first-order valence-corrected chi connectivity index (χ1v) is 7.35. The average molecular weight is 269 g/mol. The van der Waals surface area contributed by atoms with Gasteiger partial charge in [0, 0.05) is 32.3 Å². The van der Waals surface area contributed by atoms with Gasteiger partial charge in [0.25, 0.3) is 0 Å². The van der Waals surface area contributed by atoms with Gasteiger partial charge in [-0.05, 0) is 31.6 Å². The van der Waals surface area contributed by atoms with Crippen LogP contribution < -0.4 is 11.1 Å². The van der Waals surface area contributed by atoms with Crippen LogP contribution >= 0.6 is 0 Å². The second-order valence-corrected chi connectivity index (χ2v) is 6.10. The van der Waals surface area contributed by atoms with Crippen molar-refractivity contribution < 1.29 is 9.53 Å². The van der Waals surface area contributed by atoms with Gasteiger partial charge in [0.1, 0.15) is 0 Å². The molecule has 5 heteroatoms. The molecule has 5 nitrogen and oxygen atoms in total. The van der Waals surface area contributed by atoms with Crippen LogP contribution in [0.5, 0.6) is 0 Å². The molecule has 19 heavy (non-hydrogen) atoms. The molecule has 2 amide bonds. The quantitative estimate of drug-likeness (QED) is 0.791. The molecular formula is C14H27N3O2. The summed E-state index contributed by atoms with van der Waals surface area (Å²) >= 11 is 0. The molecule has 1 saturated heterocycles. The molecule has 1 aliphatic carbocycles. The van der Waals surface area contributed by atoms with Gasteiger partial charge >= 0.3 is 6.03 Å². The Labute approximate surface area is 115 Å². The maximum absolute atomic E-state index is 12.2. The van der Waals surface area contributed by atoms with Crippen molar-refractivity contribution in [2.24, 2.45) is 11.7 Å². The number of amides is 2. The summed E-state index contributed by atoms with van der Waals surface area (Å²) in [5.74, 6) is 0.503. The lowest BCUT2D eigenvalue weighted by Crippen LogP contribution is -2.55. The molecule has 2 rings (SSSR count). The van der Waals surface area contributed by atoms with Crippen molar-refractivity contribution >= 4 is 6.03 Å². The number of hydrogen-bond acceptors (Lipinski definition) is 3. The second kappa shape index (κ2) is 5.29. The van der Waals surface area contributed by atoms with Gasteiger partial charge in [-0.25, -0.2) is 4.79 Å². The predicted octanol–water partition coefficient (Wildman–Crippen LogP) is 1.32. The van der Waals surface area contributed by atoms with Crippen LogP contribution in [0.15, 0.2) is 0 Å². The third kappa shape index (κ3) is 2.58. The van der Waals surface area contributed by atoms with E-state index >= 15 is 0 Å². The number of nitrogens with zero attached hydrogens (tertiary/aromatic N) is 1. The first-order valence-electron chi connectivity index (χ1n) is 7.35. The smallest absolute Gasteiger partial charge is 0.317 e. The Kier molecular flexibility index (Phi) is 4.06. The number of carbonyl (C=O) groups excluding carboxylic acids is 1. The van der Waals surface area contributed by atoms with E-state index in [1.165, 1.54) is 0 Å². The summed E-state index contributed by atoms with van der Waals surface area (Å²) in [6, 6.07) is 0.00236. The van der Waals surface area contributed by atoms with E-state index in [9.17, 15) is 4.79 Å². The van der Waals surface area contributed by atoms with E-state index in [1.807, 2.05) is 4.90 Å². The monoisotopic (exact) mass is 269 g/mol. The van der Waals surface area contributed by atoms with Crippen LogP contribution in [0.25, 0.3) is 0 Å². The van der Waals surface area contributed by atoms with E-state index < -0.39 is 0 Å². The zero-order valence-corrected chi connectivity index (χ0v) is 12.4. The van der Waals surface area contributed by atoms with Crippen molar-refractivity contribution in [1.29, 1.82) is 0 Å². The van der Waals surface area contributed by atoms with E-state index in [4.69, 9.17) is 10.5 Å². The first-order chi connectivity index (χ1) is 8.98. The zero-order valence-electron chi connectivity index (χ0n) is 12.4. The van der Waals surface area contributed by atoms with Crippen LogP contribution in [0, 0.1) is 5.92 Å². The van der Waals surface area contributed by atoms with Gasteiger partial charge in [0.2, 0.25) is 0 Å². The normalized spacial score (nSPS) is 29.9. The van der Waals surface area contributed by atoms with Crippen LogP contribution in [-0.2, 0) is 4.74 Å². The number of urea groups is 1. The highest BCUT2D eigenvalue weighted by Crippen LogP contribution is 2.42. The van der Waals surface area contributed by atoms with E-state index in [1.54, 1.807) is 7.11 Å². The summed E-state index contributed by atoms with van der Waals surface area (Å²) < 4.78 is 5.57. The number of rotatable bonds is 5. The second-order valence-electron chi connectivity index (χ2n) is 6.10. The fourth-order valence-corrected chi connectivity index (χ4v) is 3.25. The minimum Gasteiger partial charge on any atom is -0.376 e. The van der Waals surface area contributed by atoms with Gasteiger partial charge in [-0.2, -0.15) is 0 Å². The summed E-state index contributed by atoms with van der Waals surface area (Å²) in [7, 11) is 1.71. The molecule has 0 aromatic heterocycles. The molecule has 1 heterocycles. The largest absolute Gasteiger partial charge is 0.376 e. The lowest BCUT2D eigenvalue weighted by Gasteiger charge is -2.39. The molecule has 110 valence electrons. The fourth-order valence-electron chi connectivity index (χ4n) is 3.25. The molecule has 0 unspecified atom stereocenters. The number of methoxy groups -OCH3 is 1. The van der Waals surface area contributed by atoms with Crippen molar-refractivity contribution in [3.05, 3.63) is 0 Å². The average Bonchev–Trinajstić information content (AvgIpc) is 2.65. The van der Waals surface area contributed by atoms with Crippen molar-refractivity contribution in [2.75, 3.05) is 26.7 Å². The summed E-state index contributed by atoms with van der Waals surface area (Å²) in [6.07, 6.45) is 3.99. The molecule has 0 aromatic rings. The zero-order chi connectivity index (χ0) is 14.1. The highest BCUT2D eigenvalue weighted by atomic mass is 16.5. The minimum absolute atomic E-state index is 0.00236. The van der Waals surface area contributed by atoms with Crippen LogP contribution in [-0.4, -0.2) is 48.8 Å². The van der Waals surface area contributed by atoms with Gasteiger partial charge in [-0.15, -0.1) is 0 Å². The van der Waals surface area contributed by atoms with Gasteiger partial charge in [0.05, 0.1) is 5.60 Å².